The van der Waals surface area contributed by atoms with Crippen molar-refractivity contribution in [1.82, 2.24) is 10.6 Å². The van der Waals surface area contributed by atoms with E-state index in [1.54, 1.807) is 0 Å². The lowest BCUT2D eigenvalue weighted by Gasteiger charge is -2.20. The summed E-state index contributed by atoms with van der Waals surface area (Å²) in [4.78, 5) is 0. The average molecular weight is 218 g/mol. The molecule has 2 unspecified atom stereocenters. The molecule has 0 amide bonds. The number of thiocarbonyl (C=S) groups is 1. The molecule has 2 atom stereocenters. The lowest BCUT2D eigenvalue weighted by molar-refractivity contribution is 0.593. The highest BCUT2D eigenvalue weighted by Crippen LogP contribution is 2.25. The van der Waals surface area contributed by atoms with Crippen LogP contribution in [0.3, 0.4) is 0 Å². The van der Waals surface area contributed by atoms with Crippen LogP contribution in [0.15, 0.2) is 0 Å². The topological polar surface area (TPSA) is 24.1 Å². The predicted molar refractivity (Wildman–Crippen MR) is 64.3 cm³/mol. The van der Waals surface area contributed by atoms with Crippen LogP contribution >= 0.6 is 24.0 Å². The van der Waals surface area contributed by atoms with Crippen molar-refractivity contribution in [3.8, 4) is 0 Å². The Bertz CT molecular complexity index is 182. The SMILES string of the molecule is CC(C)NC(=S)NC1CCSC1C. The molecule has 2 nitrogen and oxygen atoms in total. The molecule has 76 valence electrons. The highest BCUT2D eigenvalue weighted by molar-refractivity contribution is 8.00. The van der Waals surface area contributed by atoms with Crippen LogP contribution in [0.5, 0.6) is 0 Å². The van der Waals surface area contributed by atoms with E-state index in [0.29, 0.717) is 17.3 Å². The fourth-order valence-electron chi connectivity index (χ4n) is 1.39. The zero-order valence-corrected chi connectivity index (χ0v) is 10.1. The van der Waals surface area contributed by atoms with Gasteiger partial charge in [0.1, 0.15) is 0 Å². The normalized spacial score (nSPS) is 27.7. The Kier molecular flexibility index (Phi) is 4.32. The molecule has 0 radical (unpaired) electrons. The average Bonchev–Trinajstić information content (AvgIpc) is 2.34. The third-order valence-corrected chi connectivity index (χ3v) is 3.67. The molecular weight excluding hydrogens is 200 g/mol. The van der Waals surface area contributed by atoms with E-state index in [-0.39, 0.29) is 0 Å². The smallest absolute Gasteiger partial charge is 0.166 e. The van der Waals surface area contributed by atoms with Gasteiger partial charge in [-0.05, 0) is 38.2 Å². The van der Waals surface area contributed by atoms with E-state index in [1.165, 1.54) is 12.2 Å². The molecule has 0 aromatic carbocycles. The molecule has 0 aliphatic carbocycles. The molecular formula is C9H18N2S2. The van der Waals surface area contributed by atoms with Crippen molar-refractivity contribution in [3.05, 3.63) is 0 Å². The minimum absolute atomic E-state index is 0.421. The van der Waals surface area contributed by atoms with E-state index in [0.717, 1.165) is 5.11 Å². The molecule has 4 heteroatoms. The summed E-state index contributed by atoms with van der Waals surface area (Å²) in [6, 6.07) is 0.980. The molecule has 0 saturated carbocycles. The number of thioether (sulfide) groups is 1. The van der Waals surface area contributed by atoms with Crippen LogP contribution in [0.4, 0.5) is 0 Å². The summed E-state index contributed by atoms with van der Waals surface area (Å²) in [6.45, 7) is 6.45. The van der Waals surface area contributed by atoms with Crippen LogP contribution in [0.25, 0.3) is 0 Å². The van der Waals surface area contributed by atoms with Crippen LogP contribution in [0.1, 0.15) is 27.2 Å². The van der Waals surface area contributed by atoms with Crippen molar-refractivity contribution in [2.45, 2.75) is 44.5 Å². The van der Waals surface area contributed by atoms with Gasteiger partial charge in [0, 0.05) is 17.3 Å². The van der Waals surface area contributed by atoms with Gasteiger partial charge in [0.05, 0.1) is 0 Å². The van der Waals surface area contributed by atoms with Crippen molar-refractivity contribution in [2.24, 2.45) is 0 Å². The van der Waals surface area contributed by atoms with Crippen molar-refractivity contribution in [1.29, 1.82) is 0 Å². The van der Waals surface area contributed by atoms with E-state index in [4.69, 9.17) is 12.2 Å². The minimum atomic E-state index is 0.421. The Hall–Kier alpha value is 0.0400. The molecule has 1 aliphatic heterocycles. The molecule has 1 heterocycles. The Morgan fingerprint density at radius 3 is 2.69 bits per heavy atom. The van der Waals surface area contributed by atoms with Gasteiger partial charge in [-0.25, -0.2) is 0 Å². The monoisotopic (exact) mass is 218 g/mol. The number of hydrogen-bond donors (Lipinski definition) is 2. The lowest BCUT2D eigenvalue weighted by Crippen LogP contribution is -2.46. The maximum Gasteiger partial charge on any atom is 0.166 e. The fourth-order valence-corrected chi connectivity index (χ4v) is 2.98. The van der Waals surface area contributed by atoms with E-state index < -0.39 is 0 Å². The first-order valence-corrected chi connectivity index (χ1v) is 6.24. The summed E-state index contributed by atoms with van der Waals surface area (Å²) in [7, 11) is 0. The molecule has 1 rings (SSSR count). The van der Waals surface area contributed by atoms with Gasteiger partial charge in [0.25, 0.3) is 0 Å². The van der Waals surface area contributed by atoms with Crippen molar-refractivity contribution in [3.63, 3.8) is 0 Å². The molecule has 0 aromatic rings. The van der Waals surface area contributed by atoms with Crippen LogP contribution in [0.2, 0.25) is 0 Å². The second kappa shape index (κ2) is 5.05. The van der Waals surface area contributed by atoms with Crippen LogP contribution < -0.4 is 10.6 Å². The molecule has 1 saturated heterocycles. The van der Waals surface area contributed by atoms with Crippen molar-refractivity contribution < 1.29 is 0 Å². The molecule has 13 heavy (non-hydrogen) atoms. The Labute approximate surface area is 90.2 Å². The van der Waals surface area contributed by atoms with Crippen molar-refractivity contribution in [2.75, 3.05) is 5.75 Å². The lowest BCUT2D eigenvalue weighted by atomic mass is 10.2. The zero-order chi connectivity index (χ0) is 9.84. The molecule has 1 aliphatic rings. The van der Waals surface area contributed by atoms with E-state index in [1.807, 2.05) is 11.8 Å². The number of hydrogen-bond acceptors (Lipinski definition) is 2. The fraction of sp³-hybridized carbons (Fsp3) is 0.889. The molecule has 1 fully saturated rings. The first-order chi connectivity index (χ1) is 6.09. The summed E-state index contributed by atoms with van der Waals surface area (Å²) < 4.78 is 0. The maximum absolute atomic E-state index is 5.19. The summed E-state index contributed by atoms with van der Waals surface area (Å²) in [5.41, 5.74) is 0. The van der Waals surface area contributed by atoms with Crippen LogP contribution in [-0.2, 0) is 0 Å². The third kappa shape index (κ3) is 3.73. The van der Waals surface area contributed by atoms with Gasteiger partial charge in [0.15, 0.2) is 5.11 Å². The number of rotatable bonds is 2. The second-order valence-electron chi connectivity index (χ2n) is 3.74. The van der Waals surface area contributed by atoms with Crippen LogP contribution in [-0.4, -0.2) is 28.2 Å². The molecule has 0 bridgehead atoms. The zero-order valence-electron chi connectivity index (χ0n) is 8.46. The maximum atomic E-state index is 5.19. The summed E-state index contributed by atoms with van der Waals surface area (Å²) in [5, 5.41) is 8.05. The van der Waals surface area contributed by atoms with Gasteiger partial charge in [0.2, 0.25) is 0 Å². The third-order valence-electron chi connectivity index (χ3n) is 2.11. The molecule has 0 aromatic heterocycles. The Balaban J connectivity index is 2.27. The van der Waals surface area contributed by atoms with Gasteiger partial charge < -0.3 is 10.6 Å². The second-order valence-corrected chi connectivity index (χ2v) is 5.64. The quantitative estimate of drug-likeness (QED) is 0.690. The van der Waals surface area contributed by atoms with Gasteiger partial charge in [-0.3, -0.25) is 0 Å². The summed E-state index contributed by atoms with van der Waals surface area (Å²) in [6.07, 6.45) is 1.23. The Morgan fingerprint density at radius 2 is 2.23 bits per heavy atom. The molecule has 0 spiro atoms. The highest BCUT2D eigenvalue weighted by atomic mass is 32.2. The van der Waals surface area contributed by atoms with Crippen molar-refractivity contribution >= 4 is 29.1 Å². The standard InChI is InChI=1S/C9H18N2S2/c1-6(2)10-9(12)11-8-4-5-13-7(8)3/h6-8H,4-5H2,1-3H3,(H2,10,11,12). The number of nitrogens with one attached hydrogen (secondary N) is 2. The Morgan fingerprint density at radius 1 is 1.54 bits per heavy atom. The summed E-state index contributed by atoms with van der Waals surface area (Å²) >= 11 is 7.20. The van der Waals surface area contributed by atoms with Gasteiger partial charge in [-0.15, -0.1) is 0 Å². The summed E-state index contributed by atoms with van der Waals surface area (Å²) in [5.74, 6) is 1.25. The highest BCUT2D eigenvalue weighted by Gasteiger charge is 2.24. The van der Waals surface area contributed by atoms with E-state index in [2.05, 4.69) is 31.4 Å². The first-order valence-electron chi connectivity index (χ1n) is 4.78. The van der Waals surface area contributed by atoms with E-state index >= 15 is 0 Å². The minimum Gasteiger partial charge on any atom is -0.361 e. The van der Waals surface area contributed by atoms with Gasteiger partial charge in [-0.1, -0.05) is 6.92 Å². The first kappa shape index (κ1) is 11.1. The van der Waals surface area contributed by atoms with Crippen LogP contribution in [0, 0.1) is 0 Å². The predicted octanol–water partition coefficient (Wildman–Crippen LogP) is 1.75. The largest absolute Gasteiger partial charge is 0.361 e. The van der Waals surface area contributed by atoms with Gasteiger partial charge in [-0.2, -0.15) is 11.8 Å². The molecule has 2 N–H and O–H groups in total. The van der Waals surface area contributed by atoms with Gasteiger partial charge >= 0.3 is 0 Å². The van der Waals surface area contributed by atoms with E-state index in [9.17, 15) is 0 Å².